The number of hydrogen-bond acceptors (Lipinski definition) is 6. The minimum Gasteiger partial charge on any atom is -0.504 e. The third-order valence-electron chi connectivity index (χ3n) is 4.48. The number of phenols is 1. The van der Waals surface area contributed by atoms with E-state index >= 15 is 0 Å². The molecule has 3 aromatic carbocycles. The average molecular weight is 402 g/mol. The number of rotatable bonds is 6. The zero-order chi connectivity index (χ0) is 21.1. The summed E-state index contributed by atoms with van der Waals surface area (Å²) in [4.78, 5) is 22.8. The Balaban J connectivity index is 1.60. The van der Waals surface area contributed by atoms with Gasteiger partial charge in [0, 0.05) is 23.4 Å². The van der Waals surface area contributed by atoms with E-state index in [1.807, 2.05) is 36.4 Å². The molecule has 150 valence electrons. The maximum Gasteiger partial charge on any atom is 0.274 e. The highest BCUT2D eigenvalue weighted by Gasteiger charge is 2.16. The van der Waals surface area contributed by atoms with Crippen molar-refractivity contribution in [2.45, 2.75) is 6.92 Å². The van der Waals surface area contributed by atoms with Crippen LogP contribution in [0.3, 0.4) is 0 Å². The SMILES string of the molecule is CCOc1cc([N+](=O)[O-])cc(C=Nc2ccc(-c3nc4ccccc4[nH]3)cc2)c1O. The molecule has 0 saturated heterocycles. The number of hydrogen-bond donors (Lipinski definition) is 2. The van der Waals surface area contributed by atoms with Gasteiger partial charge < -0.3 is 14.8 Å². The fourth-order valence-corrected chi connectivity index (χ4v) is 3.02. The summed E-state index contributed by atoms with van der Waals surface area (Å²) in [5.74, 6) is 0.614. The van der Waals surface area contributed by atoms with E-state index in [1.54, 1.807) is 19.1 Å². The first-order valence-electron chi connectivity index (χ1n) is 9.28. The van der Waals surface area contributed by atoms with Gasteiger partial charge in [-0.25, -0.2) is 4.98 Å². The van der Waals surface area contributed by atoms with Gasteiger partial charge in [-0.05, 0) is 43.3 Å². The lowest BCUT2D eigenvalue weighted by molar-refractivity contribution is -0.385. The molecule has 30 heavy (non-hydrogen) atoms. The summed E-state index contributed by atoms with van der Waals surface area (Å²) in [5, 5.41) is 21.5. The molecule has 0 aliphatic carbocycles. The average Bonchev–Trinajstić information content (AvgIpc) is 3.19. The van der Waals surface area contributed by atoms with Crippen molar-refractivity contribution >= 4 is 28.6 Å². The van der Waals surface area contributed by atoms with Gasteiger partial charge in [0.25, 0.3) is 5.69 Å². The zero-order valence-corrected chi connectivity index (χ0v) is 16.1. The van der Waals surface area contributed by atoms with Crippen molar-refractivity contribution in [3.63, 3.8) is 0 Å². The molecule has 0 fully saturated rings. The number of benzene rings is 3. The zero-order valence-electron chi connectivity index (χ0n) is 16.1. The van der Waals surface area contributed by atoms with Crippen LogP contribution in [-0.4, -0.2) is 32.8 Å². The van der Waals surface area contributed by atoms with Gasteiger partial charge in [-0.1, -0.05) is 12.1 Å². The first-order chi connectivity index (χ1) is 14.5. The van der Waals surface area contributed by atoms with Gasteiger partial charge in [-0.15, -0.1) is 0 Å². The molecule has 2 N–H and O–H groups in total. The van der Waals surface area contributed by atoms with Gasteiger partial charge in [-0.3, -0.25) is 15.1 Å². The molecular weight excluding hydrogens is 384 g/mol. The van der Waals surface area contributed by atoms with Crippen molar-refractivity contribution in [1.82, 2.24) is 9.97 Å². The van der Waals surface area contributed by atoms with Gasteiger partial charge in [-0.2, -0.15) is 0 Å². The van der Waals surface area contributed by atoms with E-state index in [0.717, 1.165) is 22.4 Å². The highest BCUT2D eigenvalue weighted by atomic mass is 16.6. The van der Waals surface area contributed by atoms with E-state index < -0.39 is 4.92 Å². The minimum absolute atomic E-state index is 0.0494. The number of aromatic amines is 1. The monoisotopic (exact) mass is 402 g/mol. The van der Waals surface area contributed by atoms with E-state index in [-0.39, 0.29) is 29.4 Å². The molecule has 0 bridgehead atoms. The number of aliphatic imine (C=N–C) groups is 1. The largest absolute Gasteiger partial charge is 0.504 e. The lowest BCUT2D eigenvalue weighted by Gasteiger charge is -2.07. The number of nitrogens with zero attached hydrogens (tertiary/aromatic N) is 3. The highest BCUT2D eigenvalue weighted by molar-refractivity contribution is 5.88. The molecule has 4 aromatic rings. The van der Waals surface area contributed by atoms with Crippen molar-refractivity contribution in [2.75, 3.05) is 6.61 Å². The fourth-order valence-electron chi connectivity index (χ4n) is 3.02. The summed E-state index contributed by atoms with van der Waals surface area (Å²) >= 11 is 0. The third kappa shape index (κ3) is 3.83. The smallest absolute Gasteiger partial charge is 0.274 e. The van der Waals surface area contributed by atoms with Gasteiger partial charge in [0.2, 0.25) is 0 Å². The van der Waals surface area contributed by atoms with Crippen molar-refractivity contribution in [2.24, 2.45) is 4.99 Å². The maximum absolute atomic E-state index is 11.1. The summed E-state index contributed by atoms with van der Waals surface area (Å²) in [7, 11) is 0. The Bertz CT molecular complexity index is 1210. The number of non-ortho nitro benzene ring substituents is 1. The number of H-pyrrole nitrogens is 1. The van der Waals surface area contributed by atoms with Crippen molar-refractivity contribution < 1.29 is 14.8 Å². The van der Waals surface area contributed by atoms with Crippen LogP contribution in [0.4, 0.5) is 11.4 Å². The summed E-state index contributed by atoms with van der Waals surface area (Å²) in [5.41, 5.74) is 3.40. The van der Waals surface area contributed by atoms with Gasteiger partial charge in [0.15, 0.2) is 11.5 Å². The van der Waals surface area contributed by atoms with Crippen LogP contribution >= 0.6 is 0 Å². The number of nitro groups is 1. The second-order valence-electron chi connectivity index (χ2n) is 6.48. The van der Waals surface area contributed by atoms with Gasteiger partial charge in [0.1, 0.15) is 5.82 Å². The molecule has 0 spiro atoms. The predicted octanol–water partition coefficient (Wildman–Crippen LogP) is 4.99. The number of aromatic nitrogens is 2. The van der Waals surface area contributed by atoms with Crippen LogP contribution in [0.1, 0.15) is 12.5 Å². The van der Waals surface area contributed by atoms with E-state index in [1.165, 1.54) is 18.3 Å². The van der Waals surface area contributed by atoms with Crippen LogP contribution in [0.5, 0.6) is 11.5 Å². The third-order valence-corrected chi connectivity index (χ3v) is 4.48. The summed E-state index contributed by atoms with van der Waals surface area (Å²) in [6.07, 6.45) is 1.38. The number of aromatic hydroxyl groups is 1. The van der Waals surface area contributed by atoms with Crippen molar-refractivity contribution in [3.8, 4) is 22.9 Å². The van der Waals surface area contributed by atoms with Crippen molar-refractivity contribution in [1.29, 1.82) is 0 Å². The Hall–Kier alpha value is -4.20. The summed E-state index contributed by atoms with van der Waals surface area (Å²) < 4.78 is 5.28. The topological polar surface area (TPSA) is 114 Å². The quantitative estimate of drug-likeness (QED) is 0.268. The van der Waals surface area contributed by atoms with E-state index in [2.05, 4.69) is 15.0 Å². The first kappa shape index (κ1) is 19.1. The Morgan fingerprint density at radius 2 is 1.97 bits per heavy atom. The summed E-state index contributed by atoms with van der Waals surface area (Å²) in [6, 6.07) is 17.6. The Morgan fingerprint density at radius 3 is 2.67 bits per heavy atom. The number of nitro benzene ring substituents is 1. The molecule has 0 radical (unpaired) electrons. The van der Waals surface area contributed by atoms with Crippen LogP contribution < -0.4 is 4.74 Å². The molecule has 8 heteroatoms. The molecule has 0 amide bonds. The lowest BCUT2D eigenvalue weighted by atomic mass is 10.1. The number of ether oxygens (including phenoxy) is 1. The van der Waals surface area contributed by atoms with Crippen molar-refractivity contribution in [3.05, 3.63) is 76.3 Å². The van der Waals surface area contributed by atoms with E-state index in [9.17, 15) is 15.2 Å². The normalized spacial score (nSPS) is 11.2. The molecule has 0 saturated carbocycles. The van der Waals surface area contributed by atoms with Crippen LogP contribution in [-0.2, 0) is 0 Å². The molecular formula is C22H18N4O4. The number of imidazole rings is 1. The molecule has 8 nitrogen and oxygen atoms in total. The maximum atomic E-state index is 11.1. The highest BCUT2D eigenvalue weighted by Crippen LogP contribution is 2.34. The van der Waals surface area contributed by atoms with Gasteiger partial charge >= 0.3 is 0 Å². The molecule has 4 rings (SSSR count). The van der Waals surface area contributed by atoms with Crippen LogP contribution in [0.25, 0.3) is 22.4 Å². The summed E-state index contributed by atoms with van der Waals surface area (Å²) in [6.45, 7) is 2.00. The molecule has 1 heterocycles. The second kappa shape index (κ2) is 8.04. The first-order valence-corrected chi connectivity index (χ1v) is 9.28. The fraction of sp³-hybridized carbons (Fsp3) is 0.0909. The van der Waals surface area contributed by atoms with Crippen LogP contribution in [0.15, 0.2) is 65.7 Å². The number of fused-ring (bicyclic) bond motifs is 1. The number of para-hydroxylation sites is 2. The lowest BCUT2D eigenvalue weighted by Crippen LogP contribution is -1.97. The Kier molecular flexibility index (Phi) is 5.13. The molecule has 0 aliphatic rings. The number of phenolic OH excluding ortho intramolecular Hbond substituents is 1. The second-order valence-corrected chi connectivity index (χ2v) is 6.48. The van der Waals surface area contributed by atoms with E-state index in [0.29, 0.717) is 5.69 Å². The molecule has 0 atom stereocenters. The predicted molar refractivity (Wildman–Crippen MR) is 115 cm³/mol. The van der Waals surface area contributed by atoms with Crippen LogP contribution in [0, 0.1) is 10.1 Å². The molecule has 0 unspecified atom stereocenters. The van der Waals surface area contributed by atoms with E-state index in [4.69, 9.17) is 4.74 Å². The van der Waals surface area contributed by atoms with Crippen LogP contribution in [0.2, 0.25) is 0 Å². The molecule has 0 aliphatic heterocycles. The standard InChI is InChI=1S/C22H18N4O4/c1-2-30-20-12-17(26(28)29)11-15(21(20)27)13-23-16-9-7-14(8-10-16)22-24-18-5-3-4-6-19(18)25-22/h3-13,27H,2H2,1H3,(H,24,25). The minimum atomic E-state index is -0.540. The Labute approximate surface area is 171 Å². The number of nitrogens with one attached hydrogen (secondary N) is 1. The Morgan fingerprint density at radius 1 is 1.20 bits per heavy atom. The van der Waals surface area contributed by atoms with Gasteiger partial charge in [0.05, 0.1) is 34.3 Å². The molecule has 1 aromatic heterocycles.